The standard InChI is InChI=1S/C19H25N5O2S/c1-12-17(27-13(2)20-12)19(26)23-8-4-6-14(11-23)15-10-16-18(25)22(3)7-5-9-24(16)21-15/h10,14H,4-9,11H2,1-3H3. The Labute approximate surface area is 163 Å². The summed E-state index contributed by atoms with van der Waals surface area (Å²) in [5, 5.41) is 5.65. The lowest BCUT2D eigenvalue weighted by Gasteiger charge is -2.31. The van der Waals surface area contributed by atoms with Crippen LogP contribution in [0.15, 0.2) is 6.07 Å². The zero-order valence-electron chi connectivity index (χ0n) is 16.1. The van der Waals surface area contributed by atoms with Crippen LogP contribution in [0.4, 0.5) is 0 Å². The van der Waals surface area contributed by atoms with E-state index in [0.29, 0.717) is 12.2 Å². The molecular formula is C19H25N5O2S. The van der Waals surface area contributed by atoms with E-state index in [1.54, 1.807) is 4.90 Å². The van der Waals surface area contributed by atoms with Gasteiger partial charge in [-0.1, -0.05) is 0 Å². The summed E-state index contributed by atoms with van der Waals surface area (Å²) in [5.74, 6) is 0.277. The summed E-state index contributed by atoms with van der Waals surface area (Å²) in [6.07, 6.45) is 2.85. The number of hydrogen-bond donors (Lipinski definition) is 0. The number of thiazole rings is 1. The molecular weight excluding hydrogens is 362 g/mol. The third-order valence-corrected chi connectivity index (χ3v) is 6.51. The Hall–Kier alpha value is -2.22. The average Bonchev–Trinajstić information content (AvgIpc) is 3.20. The van der Waals surface area contributed by atoms with Gasteiger partial charge in [-0.25, -0.2) is 4.98 Å². The molecule has 0 saturated carbocycles. The summed E-state index contributed by atoms with van der Waals surface area (Å²) < 4.78 is 1.85. The number of fused-ring (bicyclic) bond motifs is 1. The number of hydrogen-bond acceptors (Lipinski definition) is 5. The van der Waals surface area contributed by atoms with Gasteiger partial charge >= 0.3 is 0 Å². The van der Waals surface area contributed by atoms with E-state index in [1.807, 2.05) is 36.5 Å². The van der Waals surface area contributed by atoms with Crippen LogP contribution in [0.5, 0.6) is 0 Å². The molecule has 2 amide bonds. The second-order valence-electron chi connectivity index (χ2n) is 7.50. The Morgan fingerprint density at radius 1 is 1.22 bits per heavy atom. The summed E-state index contributed by atoms with van der Waals surface area (Å²) in [5.41, 5.74) is 2.41. The molecule has 2 aliphatic heterocycles. The third kappa shape index (κ3) is 3.38. The maximum atomic E-state index is 13.0. The SMILES string of the molecule is Cc1nc(C)c(C(=O)N2CCCC(c3cc4n(n3)CCCN(C)C4=O)C2)s1. The predicted octanol–water partition coefficient (Wildman–Crippen LogP) is 2.45. The fraction of sp³-hybridized carbons (Fsp3) is 0.579. The van der Waals surface area contributed by atoms with Gasteiger partial charge in [0.15, 0.2) is 0 Å². The molecule has 0 spiro atoms. The zero-order chi connectivity index (χ0) is 19.1. The predicted molar refractivity (Wildman–Crippen MR) is 103 cm³/mol. The molecule has 0 radical (unpaired) electrons. The summed E-state index contributed by atoms with van der Waals surface area (Å²) in [6, 6.07) is 1.94. The van der Waals surface area contributed by atoms with E-state index in [1.165, 1.54) is 11.3 Å². The van der Waals surface area contributed by atoms with Gasteiger partial charge in [-0.15, -0.1) is 11.3 Å². The monoisotopic (exact) mass is 387 g/mol. The normalized spacial score (nSPS) is 20.6. The number of piperidine rings is 1. The van der Waals surface area contributed by atoms with Crippen LogP contribution in [0.1, 0.15) is 61.7 Å². The summed E-state index contributed by atoms with van der Waals surface area (Å²) in [4.78, 5) is 34.3. The van der Waals surface area contributed by atoms with Crippen molar-refractivity contribution in [2.75, 3.05) is 26.7 Å². The molecule has 27 heavy (non-hydrogen) atoms. The molecule has 0 N–H and O–H groups in total. The minimum atomic E-state index is 0.0331. The van der Waals surface area contributed by atoms with Gasteiger partial charge in [0.05, 0.1) is 16.4 Å². The Bertz CT molecular complexity index is 887. The number of aryl methyl sites for hydroxylation is 3. The number of carbonyl (C=O) groups is 2. The first-order chi connectivity index (χ1) is 12.9. The Balaban J connectivity index is 1.55. The fourth-order valence-electron chi connectivity index (χ4n) is 4.01. The van der Waals surface area contributed by atoms with E-state index in [0.717, 1.165) is 60.2 Å². The van der Waals surface area contributed by atoms with Gasteiger partial charge in [-0.3, -0.25) is 14.3 Å². The van der Waals surface area contributed by atoms with Crippen molar-refractivity contribution in [3.8, 4) is 0 Å². The second-order valence-corrected chi connectivity index (χ2v) is 8.70. The Kier molecular flexibility index (Phi) is 4.75. The molecule has 1 saturated heterocycles. The van der Waals surface area contributed by atoms with Crippen molar-refractivity contribution >= 4 is 23.2 Å². The molecule has 0 aliphatic carbocycles. The van der Waals surface area contributed by atoms with Crippen molar-refractivity contribution in [3.05, 3.63) is 33.0 Å². The fourth-order valence-corrected chi connectivity index (χ4v) is 4.90. The Morgan fingerprint density at radius 3 is 2.78 bits per heavy atom. The van der Waals surface area contributed by atoms with Gasteiger partial charge in [0.2, 0.25) is 0 Å². The third-order valence-electron chi connectivity index (χ3n) is 5.45. The maximum absolute atomic E-state index is 13.0. The number of nitrogens with zero attached hydrogens (tertiary/aromatic N) is 5. The molecule has 0 bridgehead atoms. The molecule has 4 rings (SSSR count). The molecule has 1 atom stereocenters. The minimum Gasteiger partial charge on any atom is -0.340 e. The van der Waals surface area contributed by atoms with Gasteiger partial charge in [0.25, 0.3) is 11.8 Å². The summed E-state index contributed by atoms with van der Waals surface area (Å²) in [7, 11) is 1.84. The number of aromatic nitrogens is 3. The van der Waals surface area contributed by atoms with Gasteiger partial charge in [-0.05, 0) is 39.2 Å². The largest absolute Gasteiger partial charge is 0.340 e. The lowest BCUT2D eigenvalue weighted by atomic mass is 9.94. The summed E-state index contributed by atoms with van der Waals surface area (Å²) in [6.45, 7) is 6.76. The quantitative estimate of drug-likeness (QED) is 0.794. The molecule has 2 aromatic rings. The first-order valence-corrected chi connectivity index (χ1v) is 10.3. The van der Waals surface area contributed by atoms with Crippen molar-refractivity contribution in [2.24, 2.45) is 0 Å². The molecule has 2 aliphatic rings. The van der Waals surface area contributed by atoms with Crippen LogP contribution in [0, 0.1) is 13.8 Å². The van der Waals surface area contributed by atoms with Crippen LogP contribution < -0.4 is 0 Å². The van der Waals surface area contributed by atoms with E-state index in [-0.39, 0.29) is 17.7 Å². The number of carbonyl (C=O) groups excluding carboxylic acids is 2. The van der Waals surface area contributed by atoms with Gasteiger partial charge < -0.3 is 9.80 Å². The minimum absolute atomic E-state index is 0.0331. The molecule has 2 aromatic heterocycles. The molecule has 0 aromatic carbocycles. The number of amides is 2. The van der Waals surface area contributed by atoms with Crippen LogP contribution in [0.2, 0.25) is 0 Å². The van der Waals surface area contributed by atoms with Gasteiger partial charge in [-0.2, -0.15) is 5.10 Å². The van der Waals surface area contributed by atoms with E-state index in [2.05, 4.69) is 4.98 Å². The molecule has 8 heteroatoms. The summed E-state index contributed by atoms with van der Waals surface area (Å²) >= 11 is 1.47. The Morgan fingerprint density at radius 2 is 2.04 bits per heavy atom. The zero-order valence-corrected chi connectivity index (χ0v) is 16.9. The number of likely N-dealkylation sites (tertiary alicyclic amines) is 1. The molecule has 144 valence electrons. The lowest BCUT2D eigenvalue weighted by molar-refractivity contribution is 0.0708. The van der Waals surface area contributed by atoms with E-state index < -0.39 is 0 Å². The molecule has 4 heterocycles. The number of rotatable bonds is 2. The van der Waals surface area contributed by atoms with Crippen LogP contribution in [-0.4, -0.2) is 63.1 Å². The highest BCUT2D eigenvalue weighted by atomic mass is 32.1. The smallest absolute Gasteiger partial charge is 0.271 e. The highest BCUT2D eigenvalue weighted by Gasteiger charge is 2.31. The van der Waals surface area contributed by atoms with Crippen LogP contribution in [0.25, 0.3) is 0 Å². The lowest BCUT2D eigenvalue weighted by Crippen LogP contribution is -2.39. The van der Waals surface area contributed by atoms with Crippen molar-refractivity contribution in [2.45, 2.75) is 45.6 Å². The van der Waals surface area contributed by atoms with Gasteiger partial charge in [0, 0.05) is 39.1 Å². The van der Waals surface area contributed by atoms with Crippen LogP contribution >= 0.6 is 11.3 Å². The molecule has 1 fully saturated rings. The topological polar surface area (TPSA) is 71.3 Å². The average molecular weight is 388 g/mol. The van der Waals surface area contributed by atoms with Crippen molar-refractivity contribution in [3.63, 3.8) is 0 Å². The maximum Gasteiger partial charge on any atom is 0.271 e. The van der Waals surface area contributed by atoms with E-state index in [4.69, 9.17) is 5.10 Å². The van der Waals surface area contributed by atoms with Gasteiger partial charge in [0.1, 0.15) is 10.6 Å². The first-order valence-electron chi connectivity index (χ1n) is 9.50. The highest BCUT2D eigenvalue weighted by Crippen LogP contribution is 2.29. The van der Waals surface area contributed by atoms with Crippen molar-refractivity contribution in [1.29, 1.82) is 0 Å². The van der Waals surface area contributed by atoms with Crippen LogP contribution in [0.3, 0.4) is 0 Å². The van der Waals surface area contributed by atoms with Crippen LogP contribution in [-0.2, 0) is 6.54 Å². The molecule has 7 nitrogen and oxygen atoms in total. The van der Waals surface area contributed by atoms with Crippen molar-refractivity contribution in [1.82, 2.24) is 24.6 Å². The molecule has 1 unspecified atom stereocenters. The van der Waals surface area contributed by atoms with E-state index in [9.17, 15) is 9.59 Å². The second kappa shape index (κ2) is 7.07. The first kappa shape index (κ1) is 18.2. The van der Waals surface area contributed by atoms with E-state index >= 15 is 0 Å². The van der Waals surface area contributed by atoms with Crippen molar-refractivity contribution < 1.29 is 9.59 Å². The highest BCUT2D eigenvalue weighted by molar-refractivity contribution is 7.13.